The SMILES string of the molecule is O=C(c1ccccc1-c1ccccc1)N1C[C@H](c2ccccc2)[C@@H](N2CCC(c3ccccc3)CC2)C1. The Bertz CT molecular complexity index is 1310. The molecule has 2 saturated heterocycles. The molecular weight excluding hydrogens is 452 g/mol. The van der Waals surface area contributed by atoms with Crippen molar-refractivity contribution in [3.05, 3.63) is 132 Å². The van der Waals surface area contributed by atoms with Crippen LogP contribution in [-0.4, -0.2) is 47.9 Å². The van der Waals surface area contributed by atoms with Gasteiger partial charge in [0.2, 0.25) is 0 Å². The molecule has 4 aromatic carbocycles. The monoisotopic (exact) mass is 486 g/mol. The third-order valence-corrected chi connectivity index (χ3v) is 8.32. The van der Waals surface area contributed by atoms with Crippen LogP contribution in [0, 0.1) is 0 Å². The maximum atomic E-state index is 14.0. The molecule has 0 aliphatic carbocycles. The summed E-state index contributed by atoms with van der Waals surface area (Å²) in [4.78, 5) is 18.8. The van der Waals surface area contributed by atoms with Gasteiger partial charge in [-0.1, -0.05) is 109 Å². The van der Waals surface area contributed by atoms with E-state index in [4.69, 9.17) is 0 Å². The first kappa shape index (κ1) is 23.7. The van der Waals surface area contributed by atoms with Crippen LogP contribution >= 0.6 is 0 Å². The van der Waals surface area contributed by atoms with Crippen LogP contribution in [0.25, 0.3) is 11.1 Å². The zero-order chi connectivity index (χ0) is 25.0. The number of hydrogen-bond acceptors (Lipinski definition) is 2. The van der Waals surface area contributed by atoms with E-state index in [0.717, 1.165) is 42.9 Å². The first-order valence-electron chi connectivity index (χ1n) is 13.6. The van der Waals surface area contributed by atoms with Crippen molar-refractivity contribution in [1.82, 2.24) is 9.80 Å². The normalized spacial score (nSPS) is 20.7. The molecule has 0 N–H and O–H groups in total. The molecule has 2 fully saturated rings. The van der Waals surface area contributed by atoms with Gasteiger partial charge >= 0.3 is 0 Å². The molecule has 3 nitrogen and oxygen atoms in total. The summed E-state index contributed by atoms with van der Waals surface area (Å²) in [7, 11) is 0. The largest absolute Gasteiger partial charge is 0.336 e. The Morgan fingerprint density at radius 1 is 0.622 bits per heavy atom. The highest BCUT2D eigenvalue weighted by Gasteiger charge is 2.41. The highest BCUT2D eigenvalue weighted by molar-refractivity contribution is 6.01. The second kappa shape index (κ2) is 10.7. The molecule has 1 amide bonds. The number of carbonyl (C=O) groups is 1. The van der Waals surface area contributed by atoms with Crippen molar-refractivity contribution in [3.63, 3.8) is 0 Å². The Labute approximate surface area is 220 Å². The van der Waals surface area contributed by atoms with Gasteiger partial charge in [0.15, 0.2) is 0 Å². The van der Waals surface area contributed by atoms with Crippen LogP contribution in [0.4, 0.5) is 0 Å². The van der Waals surface area contributed by atoms with Crippen molar-refractivity contribution in [3.8, 4) is 11.1 Å². The topological polar surface area (TPSA) is 23.6 Å². The average molecular weight is 487 g/mol. The zero-order valence-electron chi connectivity index (χ0n) is 21.2. The number of carbonyl (C=O) groups excluding carboxylic acids is 1. The number of rotatable bonds is 5. The van der Waals surface area contributed by atoms with E-state index in [-0.39, 0.29) is 5.91 Å². The summed E-state index contributed by atoms with van der Waals surface area (Å²) in [5.74, 6) is 1.09. The summed E-state index contributed by atoms with van der Waals surface area (Å²) in [6, 6.07) is 40.4. The van der Waals surface area contributed by atoms with Crippen LogP contribution in [0.2, 0.25) is 0 Å². The summed E-state index contributed by atoms with van der Waals surface area (Å²) in [6.07, 6.45) is 2.35. The molecule has 0 bridgehead atoms. The van der Waals surface area contributed by atoms with E-state index in [1.165, 1.54) is 24.0 Å². The van der Waals surface area contributed by atoms with E-state index >= 15 is 0 Å². The van der Waals surface area contributed by atoms with Crippen LogP contribution in [0.15, 0.2) is 115 Å². The Morgan fingerprint density at radius 2 is 1.19 bits per heavy atom. The smallest absolute Gasteiger partial charge is 0.254 e. The lowest BCUT2D eigenvalue weighted by atomic mass is 9.87. The van der Waals surface area contributed by atoms with Crippen LogP contribution < -0.4 is 0 Å². The standard InChI is InChI=1S/C34H34N2O/c37-34(31-19-11-10-18-30(31)28-14-6-2-7-15-28)36-24-32(29-16-8-3-9-17-29)33(25-36)35-22-20-27(21-23-35)26-12-4-1-5-13-26/h1-19,27,32-33H,20-25H2/t32-,33+/m1/s1. The molecule has 0 saturated carbocycles. The maximum absolute atomic E-state index is 14.0. The van der Waals surface area contributed by atoms with Gasteiger partial charge in [0.05, 0.1) is 0 Å². The first-order chi connectivity index (χ1) is 18.3. The van der Waals surface area contributed by atoms with Crippen LogP contribution in [0.3, 0.4) is 0 Å². The van der Waals surface area contributed by atoms with Gasteiger partial charge in [-0.25, -0.2) is 0 Å². The summed E-state index contributed by atoms with van der Waals surface area (Å²) < 4.78 is 0. The third kappa shape index (κ3) is 4.97. The number of nitrogens with zero attached hydrogens (tertiary/aromatic N) is 2. The van der Waals surface area contributed by atoms with E-state index in [0.29, 0.717) is 17.9 Å². The Kier molecular flexibility index (Phi) is 6.88. The Morgan fingerprint density at radius 3 is 1.86 bits per heavy atom. The second-order valence-corrected chi connectivity index (χ2v) is 10.4. The molecular formula is C34H34N2O. The predicted molar refractivity (Wildman–Crippen MR) is 151 cm³/mol. The fraction of sp³-hybridized carbons (Fsp3) is 0.265. The van der Waals surface area contributed by atoms with E-state index in [1.807, 2.05) is 36.4 Å². The van der Waals surface area contributed by atoms with Crippen molar-refractivity contribution in [2.75, 3.05) is 26.2 Å². The number of piperidine rings is 1. The summed E-state index contributed by atoms with van der Waals surface area (Å²) in [5, 5.41) is 0. The van der Waals surface area contributed by atoms with Crippen molar-refractivity contribution in [2.24, 2.45) is 0 Å². The van der Waals surface area contributed by atoms with Crippen molar-refractivity contribution in [2.45, 2.75) is 30.7 Å². The van der Waals surface area contributed by atoms with E-state index < -0.39 is 0 Å². The van der Waals surface area contributed by atoms with Crippen molar-refractivity contribution in [1.29, 1.82) is 0 Å². The molecule has 0 radical (unpaired) electrons. The molecule has 0 unspecified atom stereocenters. The molecule has 4 aromatic rings. The molecule has 2 atom stereocenters. The molecule has 2 aliphatic rings. The molecule has 3 heteroatoms. The lowest BCUT2D eigenvalue weighted by Gasteiger charge is -2.38. The number of likely N-dealkylation sites (tertiary alicyclic amines) is 2. The Hall–Kier alpha value is -3.69. The molecule has 37 heavy (non-hydrogen) atoms. The lowest BCUT2D eigenvalue weighted by molar-refractivity contribution is 0.0770. The van der Waals surface area contributed by atoms with E-state index in [2.05, 4.69) is 88.7 Å². The molecule has 0 spiro atoms. The molecule has 2 aliphatic heterocycles. The van der Waals surface area contributed by atoms with Crippen LogP contribution in [-0.2, 0) is 0 Å². The summed E-state index contributed by atoms with van der Waals surface area (Å²) >= 11 is 0. The quantitative estimate of drug-likeness (QED) is 0.308. The van der Waals surface area contributed by atoms with E-state index in [1.54, 1.807) is 0 Å². The van der Waals surface area contributed by atoms with Gasteiger partial charge in [0.1, 0.15) is 0 Å². The second-order valence-electron chi connectivity index (χ2n) is 10.4. The van der Waals surface area contributed by atoms with E-state index in [9.17, 15) is 4.79 Å². The highest BCUT2D eigenvalue weighted by atomic mass is 16.2. The van der Waals surface area contributed by atoms with Gasteiger partial charge in [-0.05, 0) is 60.2 Å². The van der Waals surface area contributed by atoms with Crippen molar-refractivity contribution < 1.29 is 4.79 Å². The van der Waals surface area contributed by atoms with Gasteiger partial charge in [-0.2, -0.15) is 0 Å². The highest BCUT2D eigenvalue weighted by Crippen LogP contribution is 2.37. The minimum absolute atomic E-state index is 0.141. The van der Waals surface area contributed by atoms with Crippen LogP contribution in [0.5, 0.6) is 0 Å². The number of benzene rings is 4. The molecule has 0 aromatic heterocycles. The number of hydrogen-bond donors (Lipinski definition) is 0. The van der Waals surface area contributed by atoms with Gasteiger partial charge in [0, 0.05) is 30.6 Å². The van der Waals surface area contributed by atoms with Gasteiger partial charge in [0.25, 0.3) is 5.91 Å². The first-order valence-corrected chi connectivity index (χ1v) is 13.6. The minimum atomic E-state index is 0.141. The molecule has 2 heterocycles. The molecule has 186 valence electrons. The van der Waals surface area contributed by atoms with Gasteiger partial charge in [-0.3, -0.25) is 9.69 Å². The molecule has 6 rings (SSSR count). The van der Waals surface area contributed by atoms with Gasteiger partial charge < -0.3 is 4.90 Å². The third-order valence-electron chi connectivity index (χ3n) is 8.32. The summed E-state index contributed by atoms with van der Waals surface area (Å²) in [6.45, 7) is 3.69. The summed E-state index contributed by atoms with van der Waals surface area (Å²) in [5.41, 5.74) is 5.69. The van der Waals surface area contributed by atoms with Gasteiger partial charge in [-0.15, -0.1) is 0 Å². The zero-order valence-corrected chi connectivity index (χ0v) is 21.2. The fourth-order valence-corrected chi connectivity index (χ4v) is 6.35. The average Bonchev–Trinajstić information content (AvgIpc) is 3.44. The maximum Gasteiger partial charge on any atom is 0.254 e. The predicted octanol–water partition coefficient (Wildman–Crippen LogP) is 6.84. The van der Waals surface area contributed by atoms with Crippen LogP contribution in [0.1, 0.15) is 46.2 Å². The number of amides is 1. The Balaban J connectivity index is 1.25. The lowest BCUT2D eigenvalue weighted by Crippen LogP contribution is -2.45. The minimum Gasteiger partial charge on any atom is -0.336 e. The van der Waals surface area contributed by atoms with Crippen molar-refractivity contribution >= 4 is 5.91 Å². The fourth-order valence-electron chi connectivity index (χ4n) is 6.35.